The second-order valence-corrected chi connectivity index (χ2v) is 4.62. The van der Waals surface area contributed by atoms with Crippen molar-refractivity contribution in [2.45, 2.75) is 39.5 Å². The van der Waals surface area contributed by atoms with Gasteiger partial charge >= 0.3 is 0 Å². The van der Waals surface area contributed by atoms with Gasteiger partial charge in [-0.3, -0.25) is 0 Å². The second kappa shape index (κ2) is 6.27. The molecule has 0 fully saturated rings. The molecule has 19 heavy (non-hydrogen) atoms. The smallest absolute Gasteiger partial charge is 0.248 e. The molecular weight excluding hydrogens is 240 g/mol. The maximum Gasteiger partial charge on any atom is 0.248 e. The Balaban J connectivity index is 2.31. The average Bonchev–Trinajstić information content (AvgIpc) is 2.87. The van der Waals surface area contributed by atoms with E-state index in [-0.39, 0.29) is 0 Å². The number of benzene rings is 1. The molecule has 2 aromatic rings. The van der Waals surface area contributed by atoms with Gasteiger partial charge < -0.3 is 9.21 Å². The monoisotopic (exact) mass is 258 g/mol. The zero-order chi connectivity index (χ0) is 13.7. The van der Waals surface area contributed by atoms with Crippen LogP contribution in [-0.2, 0) is 17.6 Å². The quantitative estimate of drug-likeness (QED) is 0.747. The highest BCUT2D eigenvalue weighted by molar-refractivity contribution is 5.59. The number of rotatable bonds is 6. The van der Waals surface area contributed by atoms with Crippen molar-refractivity contribution in [3.05, 3.63) is 35.2 Å². The number of carbonyl (C=O) groups excluding carboxylic acids is 1. The molecule has 1 heterocycles. The number of nitrogens with zero attached hydrogens (tertiary/aromatic N) is 2. The van der Waals surface area contributed by atoms with E-state index in [0.717, 1.165) is 24.7 Å². The van der Waals surface area contributed by atoms with Crippen molar-refractivity contribution in [3.8, 4) is 11.5 Å². The Kier molecular flexibility index (Phi) is 4.44. The summed E-state index contributed by atoms with van der Waals surface area (Å²) in [6.07, 6.45) is 3.84. The molecule has 0 aliphatic carbocycles. The molecule has 0 N–H and O–H groups in total. The third-order valence-corrected chi connectivity index (χ3v) is 2.96. The predicted molar refractivity (Wildman–Crippen MR) is 72.9 cm³/mol. The lowest BCUT2D eigenvalue weighted by atomic mass is 10.0. The normalized spacial score (nSPS) is 10.6. The van der Waals surface area contributed by atoms with E-state index in [4.69, 9.17) is 4.42 Å². The van der Waals surface area contributed by atoms with E-state index in [2.05, 4.69) is 35.3 Å². The van der Waals surface area contributed by atoms with Gasteiger partial charge in [-0.2, -0.15) is 0 Å². The molecule has 0 radical (unpaired) electrons. The molecule has 0 amide bonds. The lowest BCUT2D eigenvalue weighted by molar-refractivity contribution is -0.107. The highest BCUT2D eigenvalue weighted by Crippen LogP contribution is 2.25. The lowest BCUT2D eigenvalue weighted by Crippen LogP contribution is -1.91. The second-order valence-electron chi connectivity index (χ2n) is 4.62. The van der Waals surface area contributed by atoms with Gasteiger partial charge in [-0.1, -0.05) is 31.0 Å². The van der Waals surface area contributed by atoms with Crippen LogP contribution >= 0.6 is 0 Å². The van der Waals surface area contributed by atoms with Gasteiger partial charge in [-0.25, -0.2) is 0 Å². The number of carbonyl (C=O) groups is 1. The van der Waals surface area contributed by atoms with E-state index in [1.807, 2.05) is 6.92 Å². The maximum absolute atomic E-state index is 10.3. The highest BCUT2D eigenvalue weighted by Gasteiger charge is 2.12. The number of hydrogen-bond acceptors (Lipinski definition) is 4. The zero-order valence-electron chi connectivity index (χ0n) is 11.3. The fourth-order valence-corrected chi connectivity index (χ4v) is 2.02. The standard InChI is InChI=1S/C15H18N2O2/c1-3-5-12-8-7-11(2)10-13(12)15-17-16-14(19-15)6-4-9-18/h7-10H,3-6H2,1-2H3. The average molecular weight is 258 g/mol. The van der Waals surface area contributed by atoms with Crippen molar-refractivity contribution in [1.82, 2.24) is 10.2 Å². The minimum Gasteiger partial charge on any atom is -0.421 e. The summed E-state index contributed by atoms with van der Waals surface area (Å²) in [7, 11) is 0. The number of aryl methyl sites for hydroxylation is 3. The first-order valence-corrected chi connectivity index (χ1v) is 6.60. The van der Waals surface area contributed by atoms with Crippen LogP contribution in [0.3, 0.4) is 0 Å². The lowest BCUT2D eigenvalue weighted by Gasteiger charge is -2.06. The third kappa shape index (κ3) is 3.28. The zero-order valence-corrected chi connectivity index (χ0v) is 11.3. The molecule has 0 saturated carbocycles. The molecule has 1 aromatic heterocycles. The minimum absolute atomic E-state index is 0.414. The summed E-state index contributed by atoms with van der Waals surface area (Å²) in [5, 5.41) is 8.08. The first kappa shape index (κ1) is 13.5. The van der Waals surface area contributed by atoms with Gasteiger partial charge in [0.25, 0.3) is 0 Å². The summed E-state index contributed by atoms with van der Waals surface area (Å²) in [6, 6.07) is 6.28. The van der Waals surface area contributed by atoms with Crippen molar-refractivity contribution in [2.24, 2.45) is 0 Å². The Labute approximate surface area is 112 Å². The van der Waals surface area contributed by atoms with Crippen LogP contribution < -0.4 is 0 Å². The molecule has 0 unspecified atom stereocenters. The fourth-order valence-electron chi connectivity index (χ4n) is 2.02. The molecule has 0 aliphatic heterocycles. The van der Waals surface area contributed by atoms with Crippen molar-refractivity contribution in [3.63, 3.8) is 0 Å². The Morgan fingerprint density at radius 2 is 2.11 bits per heavy atom. The topological polar surface area (TPSA) is 56.0 Å². The SMILES string of the molecule is CCCc1ccc(C)cc1-c1nnc(CCC=O)o1. The van der Waals surface area contributed by atoms with Crippen molar-refractivity contribution in [2.75, 3.05) is 0 Å². The first-order chi connectivity index (χ1) is 9.24. The van der Waals surface area contributed by atoms with Crippen LogP contribution in [0.2, 0.25) is 0 Å². The van der Waals surface area contributed by atoms with Gasteiger partial charge in [0, 0.05) is 18.4 Å². The van der Waals surface area contributed by atoms with Crippen molar-refractivity contribution < 1.29 is 9.21 Å². The summed E-state index contributed by atoms with van der Waals surface area (Å²) >= 11 is 0. The molecule has 0 spiro atoms. The summed E-state index contributed by atoms with van der Waals surface area (Å²) in [5.41, 5.74) is 3.40. The molecule has 1 aromatic carbocycles. The molecule has 0 saturated heterocycles. The van der Waals surface area contributed by atoms with E-state index in [9.17, 15) is 4.79 Å². The van der Waals surface area contributed by atoms with Crippen LogP contribution in [0.15, 0.2) is 22.6 Å². The molecule has 0 atom stereocenters. The number of aldehydes is 1. The molecule has 2 rings (SSSR count). The molecule has 0 aliphatic rings. The molecular formula is C15H18N2O2. The number of hydrogen-bond donors (Lipinski definition) is 0. The van der Waals surface area contributed by atoms with E-state index in [1.54, 1.807) is 0 Å². The van der Waals surface area contributed by atoms with Crippen LogP contribution in [-0.4, -0.2) is 16.5 Å². The summed E-state index contributed by atoms with van der Waals surface area (Å²) < 4.78 is 5.63. The van der Waals surface area contributed by atoms with Gasteiger partial charge in [-0.15, -0.1) is 10.2 Å². The molecule has 4 nitrogen and oxygen atoms in total. The van der Waals surface area contributed by atoms with Crippen LogP contribution in [0.25, 0.3) is 11.5 Å². The van der Waals surface area contributed by atoms with E-state index >= 15 is 0 Å². The molecule has 0 bridgehead atoms. The Hall–Kier alpha value is -1.97. The van der Waals surface area contributed by atoms with Crippen LogP contribution in [0.1, 0.15) is 36.8 Å². The first-order valence-electron chi connectivity index (χ1n) is 6.60. The highest BCUT2D eigenvalue weighted by atomic mass is 16.4. The largest absolute Gasteiger partial charge is 0.421 e. The van der Waals surface area contributed by atoms with Crippen LogP contribution in [0.4, 0.5) is 0 Å². The Morgan fingerprint density at radius 1 is 1.26 bits per heavy atom. The van der Waals surface area contributed by atoms with E-state index in [0.29, 0.717) is 24.6 Å². The van der Waals surface area contributed by atoms with Gasteiger partial charge in [0.1, 0.15) is 6.29 Å². The fraction of sp³-hybridized carbons (Fsp3) is 0.400. The summed E-state index contributed by atoms with van der Waals surface area (Å²) in [6.45, 7) is 4.19. The summed E-state index contributed by atoms with van der Waals surface area (Å²) in [4.78, 5) is 10.3. The van der Waals surface area contributed by atoms with Gasteiger partial charge in [0.05, 0.1) is 0 Å². The summed E-state index contributed by atoms with van der Waals surface area (Å²) in [5.74, 6) is 1.07. The Morgan fingerprint density at radius 3 is 2.84 bits per heavy atom. The van der Waals surface area contributed by atoms with Gasteiger partial charge in [0.15, 0.2) is 0 Å². The van der Waals surface area contributed by atoms with Crippen molar-refractivity contribution >= 4 is 6.29 Å². The van der Waals surface area contributed by atoms with E-state index < -0.39 is 0 Å². The minimum atomic E-state index is 0.414. The molecule has 4 heteroatoms. The van der Waals surface area contributed by atoms with E-state index in [1.165, 1.54) is 11.1 Å². The molecule has 100 valence electrons. The van der Waals surface area contributed by atoms with Crippen LogP contribution in [0, 0.1) is 6.92 Å². The third-order valence-electron chi connectivity index (χ3n) is 2.96. The van der Waals surface area contributed by atoms with Gasteiger partial charge in [0.2, 0.25) is 11.8 Å². The maximum atomic E-state index is 10.3. The predicted octanol–water partition coefficient (Wildman–Crippen LogP) is 3.13. The number of aromatic nitrogens is 2. The van der Waals surface area contributed by atoms with Crippen LogP contribution in [0.5, 0.6) is 0 Å². The Bertz CT molecular complexity index is 561. The van der Waals surface area contributed by atoms with Crippen molar-refractivity contribution in [1.29, 1.82) is 0 Å². The van der Waals surface area contributed by atoms with Gasteiger partial charge in [-0.05, 0) is 25.0 Å².